The number of para-hydroxylation sites is 1. The summed E-state index contributed by atoms with van der Waals surface area (Å²) in [5, 5.41) is 12.7. The molecule has 1 saturated heterocycles. The van der Waals surface area contributed by atoms with E-state index >= 15 is 0 Å². The van der Waals surface area contributed by atoms with Crippen LogP contribution in [0.1, 0.15) is 23.6 Å². The molecule has 1 aliphatic heterocycles. The second kappa shape index (κ2) is 8.49. The highest BCUT2D eigenvalue weighted by atomic mass is 16.5. The van der Waals surface area contributed by atoms with Crippen molar-refractivity contribution in [3.63, 3.8) is 0 Å². The zero-order chi connectivity index (χ0) is 16.6. The zero-order valence-corrected chi connectivity index (χ0v) is 13.8. The lowest BCUT2D eigenvalue weighted by Gasteiger charge is -2.34. The first kappa shape index (κ1) is 16.5. The van der Waals surface area contributed by atoms with E-state index in [1.807, 2.05) is 36.4 Å². The van der Waals surface area contributed by atoms with E-state index in [-0.39, 0.29) is 6.04 Å². The summed E-state index contributed by atoms with van der Waals surface area (Å²) in [6.07, 6.45) is 0.478. The van der Waals surface area contributed by atoms with Crippen molar-refractivity contribution >= 4 is 0 Å². The normalized spacial score (nSPS) is 16.3. The Kier molecular flexibility index (Phi) is 5.84. The van der Waals surface area contributed by atoms with Crippen LogP contribution in [0.25, 0.3) is 0 Å². The average Bonchev–Trinajstić information content (AvgIpc) is 2.66. The molecule has 0 spiro atoms. The van der Waals surface area contributed by atoms with Crippen LogP contribution in [-0.4, -0.2) is 31.1 Å². The molecule has 3 rings (SSSR count). The van der Waals surface area contributed by atoms with Crippen LogP contribution in [0.4, 0.5) is 0 Å². The van der Waals surface area contributed by atoms with Gasteiger partial charge in [-0.1, -0.05) is 48.5 Å². The molecule has 0 saturated carbocycles. The predicted octanol–water partition coefficient (Wildman–Crippen LogP) is 3.13. The van der Waals surface area contributed by atoms with E-state index in [0.717, 1.165) is 43.1 Å². The van der Waals surface area contributed by atoms with Crippen LogP contribution >= 0.6 is 0 Å². The van der Waals surface area contributed by atoms with E-state index < -0.39 is 0 Å². The Labute approximate surface area is 143 Å². The molecule has 0 bridgehead atoms. The SMILES string of the molecule is N#CC[C@@H](c1ccccc1OCc1ccccc1)N1CCNCC1. The molecule has 1 N–H and O–H groups in total. The smallest absolute Gasteiger partial charge is 0.124 e. The number of hydrogen-bond donors (Lipinski definition) is 1. The largest absolute Gasteiger partial charge is 0.489 e. The lowest BCUT2D eigenvalue weighted by molar-refractivity contribution is 0.170. The van der Waals surface area contributed by atoms with Crippen LogP contribution in [0.3, 0.4) is 0 Å². The summed E-state index contributed by atoms with van der Waals surface area (Å²) >= 11 is 0. The minimum absolute atomic E-state index is 0.0871. The van der Waals surface area contributed by atoms with Gasteiger partial charge in [-0.25, -0.2) is 0 Å². The van der Waals surface area contributed by atoms with Gasteiger partial charge in [0.1, 0.15) is 12.4 Å². The molecule has 4 nitrogen and oxygen atoms in total. The van der Waals surface area contributed by atoms with E-state index in [4.69, 9.17) is 4.74 Å². The van der Waals surface area contributed by atoms with Gasteiger partial charge in [-0.3, -0.25) is 4.90 Å². The molecule has 1 heterocycles. The van der Waals surface area contributed by atoms with Crippen molar-refractivity contribution < 1.29 is 4.74 Å². The number of ether oxygens (including phenoxy) is 1. The van der Waals surface area contributed by atoms with Gasteiger partial charge in [-0.2, -0.15) is 5.26 Å². The minimum Gasteiger partial charge on any atom is -0.489 e. The highest BCUT2D eigenvalue weighted by molar-refractivity contribution is 5.37. The first-order valence-electron chi connectivity index (χ1n) is 8.46. The van der Waals surface area contributed by atoms with Crippen LogP contribution in [-0.2, 0) is 6.61 Å². The summed E-state index contributed by atoms with van der Waals surface area (Å²) < 4.78 is 6.09. The van der Waals surface area contributed by atoms with Crippen molar-refractivity contribution in [2.45, 2.75) is 19.1 Å². The summed E-state index contributed by atoms with van der Waals surface area (Å²) in [4.78, 5) is 2.38. The van der Waals surface area contributed by atoms with Gasteiger partial charge < -0.3 is 10.1 Å². The summed E-state index contributed by atoms with van der Waals surface area (Å²) in [7, 11) is 0. The first-order chi connectivity index (χ1) is 11.9. The van der Waals surface area contributed by atoms with Crippen molar-refractivity contribution in [2.24, 2.45) is 0 Å². The van der Waals surface area contributed by atoms with E-state index in [0.29, 0.717) is 13.0 Å². The van der Waals surface area contributed by atoms with Crippen LogP contribution in [0.5, 0.6) is 5.75 Å². The quantitative estimate of drug-likeness (QED) is 0.888. The summed E-state index contributed by atoms with van der Waals surface area (Å²) in [6.45, 7) is 4.39. The van der Waals surface area contributed by atoms with Crippen molar-refractivity contribution in [1.29, 1.82) is 5.26 Å². The third-order valence-corrected chi connectivity index (χ3v) is 4.39. The van der Waals surface area contributed by atoms with Gasteiger partial charge in [0.05, 0.1) is 18.5 Å². The van der Waals surface area contributed by atoms with Crippen molar-refractivity contribution in [1.82, 2.24) is 10.2 Å². The number of rotatable bonds is 6. The highest BCUT2D eigenvalue weighted by Gasteiger charge is 2.24. The Hall–Kier alpha value is -2.35. The van der Waals surface area contributed by atoms with E-state index in [1.165, 1.54) is 0 Å². The molecule has 0 unspecified atom stereocenters. The molecule has 4 heteroatoms. The summed E-state index contributed by atoms with van der Waals surface area (Å²) in [5.41, 5.74) is 2.25. The maximum absolute atomic E-state index is 9.29. The molecule has 1 fully saturated rings. The number of piperazine rings is 1. The molecule has 1 atom stereocenters. The van der Waals surface area contributed by atoms with Crippen molar-refractivity contribution in [3.05, 3.63) is 65.7 Å². The van der Waals surface area contributed by atoms with Crippen molar-refractivity contribution in [2.75, 3.05) is 26.2 Å². The van der Waals surface area contributed by atoms with E-state index in [2.05, 4.69) is 34.5 Å². The molecule has 0 amide bonds. The lowest BCUT2D eigenvalue weighted by Crippen LogP contribution is -2.45. The Morgan fingerprint density at radius 1 is 1.04 bits per heavy atom. The Balaban J connectivity index is 1.79. The van der Waals surface area contributed by atoms with Crippen LogP contribution in [0.2, 0.25) is 0 Å². The van der Waals surface area contributed by atoms with E-state index in [1.54, 1.807) is 0 Å². The molecular weight excluding hydrogens is 298 g/mol. The number of nitrogens with zero attached hydrogens (tertiary/aromatic N) is 2. The average molecular weight is 321 g/mol. The number of nitriles is 1. The Bertz CT molecular complexity index is 675. The number of nitrogens with one attached hydrogen (secondary N) is 1. The highest BCUT2D eigenvalue weighted by Crippen LogP contribution is 2.32. The minimum atomic E-state index is 0.0871. The third-order valence-electron chi connectivity index (χ3n) is 4.39. The lowest BCUT2D eigenvalue weighted by atomic mass is 10.0. The molecule has 0 aromatic heterocycles. The van der Waals surface area contributed by atoms with Gasteiger partial charge in [0.15, 0.2) is 0 Å². The molecule has 24 heavy (non-hydrogen) atoms. The maximum atomic E-state index is 9.29. The fourth-order valence-corrected chi connectivity index (χ4v) is 3.14. The summed E-state index contributed by atoms with van der Waals surface area (Å²) in [6, 6.07) is 20.7. The fraction of sp³-hybridized carbons (Fsp3) is 0.350. The Morgan fingerprint density at radius 3 is 2.50 bits per heavy atom. The van der Waals surface area contributed by atoms with Gasteiger partial charge in [0.25, 0.3) is 0 Å². The van der Waals surface area contributed by atoms with Crippen LogP contribution in [0, 0.1) is 11.3 Å². The zero-order valence-electron chi connectivity index (χ0n) is 13.8. The van der Waals surface area contributed by atoms with Gasteiger partial charge in [0.2, 0.25) is 0 Å². The molecule has 1 aliphatic rings. The first-order valence-corrected chi connectivity index (χ1v) is 8.46. The standard InChI is InChI=1S/C20H23N3O/c21-11-10-19(23-14-12-22-13-15-23)18-8-4-5-9-20(18)24-16-17-6-2-1-3-7-17/h1-9,19,22H,10,12-16H2/t19-/m0/s1. The second-order valence-corrected chi connectivity index (χ2v) is 5.98. The van der Waals surface area contributed by atoms with Crippen molar-refractivity contribution in [3.8, 4) is 11.8 Å². The van der Waals surface area contributed by atoms with Gasteiger partial charge in [-0.15, -0.1) is 0 Å². The van der Waals surface area contributed by atoms with Gasteiger partial charge in [0, 0.05) is 31.7 Å². The monoisotopic (exact) mass is 321 g/mol. The third kappa shape index (κ3) is 4.14. The van der Waals surface area contributed by atoms with Crippen LogP contribution < -0.4 is 10.1 Å². The Morgan fingerprint density at radius 2 is 1.75 bits per heavy atom. The molecule has 0 radical (unpaired) electrons. The van der Waals surface area contributed by atoms with Crippen LogP contribution in [0.15, 0.2) is 54.6 Å². The molecule has 2 aromatic carbocycles. The fourth-order valence-electron chi connectivity index (χ4n) is 3.14. The summed E-state index contributed by atoms with van der Waals surface area (Å²) in [5.74, 6) is 0.875. The number of benzene rings is 2. The number of hydrogen-bond acceptors (Lipinski definition) is 4. The second-order valence-electron chi connectivity index (χ2n) is 5.98. The molecular formula is C20H23N3O. The molecule has 2 aromatic rings. The maximum Gasteiger partial charge on any atom is 0.124 e. The van der Waals surface area contributed by atoms with Gasteiger partial charge >= 0.3 is 0 Å². The topological polar surface area (TPSA) is 48.3 Å². The van der Waals surface area contributed by atoms with E-state index in [9.17, 15) is 5.26 Å². The molecule has 124 valence electrons. The van der Waals surface area contributed by atoms with Gasteiger partial charge in [-0.05, 0) is 11.6 Å². The predicted molar refractivity (Wildman–Crippen MR) is 94.6 cm³/mol. The molecule has 0 aliphatic carbocycles.